The molecule has 3 aromatic carbocycles. The van der Waals surface area contributed by atoms with Crippen molar-refractivity contribution < 1.29 is 0 Å². The molecule has 0 fully saturated rings. The lowest BCUT2D eigenvalue weighted by Crippen LogP contribution is -2.19. The summed E-state index contributed by atoms with van der Waals surface area (Å²) < 4.78 is 3.69. The zero-order chi connectivity index (χ0) is 18.2. The number of rotatable bonds is 1. The van der Waals surface area contributed by atoms with Gasteiger partial charge in [-0.25, -0.2) is 4.98 Å². The second-order valence-corrected chi connectivity index (χ2v) is 8.64. The highest BCUT2D eigenvalue weighted by Gasteiger charge is 2.40. The van der Waals surface area contributed by atoms with Crippen LogP contribution < -0.4 is 0 Å². The third-order valence-corrected chi connectivity index (χ3v) is 6.70. The van der Waals surface area contributed by atoms with E-state index in [1.165, 1.54) is 43.7 Å². The van der Waals surface area contributed by atoms with Crippen LogP contribution in [0, 0.1) is 0 Å². The van der Waals surface area contributed by atoms with Crippen molar-refractivity contribution in [2.75, 3.05) is 0 Å². The minimum atomic E-state index is -0.0480. The average molecular weight is 366 g/mol. The minimum Gasteiger partial charge on any atom is -0.312 e. The normalized spacial score (nSPS) is 14.6. The fraction of sp³-hybridized carbons (Fsp3) is 0.125. The van der Waals surface area contributed by atoms with Crippen LogP contribution in [0.25, 0.3) is 37.9 Å². The Morgan fingerprint density at radius 1 is 0.926 bits per heavy atom. The van der Waals surface area contributed by atoms with Crippen molar-refractivity contribution in [1.29, 1.82) is 0 Å². The highest BCUT2D eigenvalue weighted by molar-refractivity contribution is 7.16. The Hall–Kier alpha value is -2.91. The molecule has 6 rings (SSSR count). The Kier molecular flexibility index (Phi) is 2.86. The summed E-state index contributed by atoms with van der Waals surface area (Å²) in [5.74, 6) is 0. The van der Waals surface area contributed by atoms with Gasteiger partial charge in [0.2, 0.25) is 0 Å². The van der Waals surface area contributed by atoms with Crippen LogP contribution >= 0.6 is 11.3 Å². The van der Waals surface area contributed by atoms with Gasteiger partial charge in [0.05, 0.1) is 21.2 Å². The molecule has 1 aliphatic carbocycles. The number of para-hydroxylation sites is 1. The molecule has 0 saturated carbocycles. The summed E-state index contributed by atoms with van der Waals surface area (Å²) in [7, 11) is 0. The van der Waals surface area contributed by atoms with Crippen LogP contribution in [-0.2, 0) is 5.41 Å². The molecule has 0 N–H and O–H groups in total. The molecule has 0 radical (unpaired) electrons. The highest BCUT2D eigenvalue weighted by Crippen LogP contribution is 2.53. The van der Waals surface area contributed by atoms with Crippen molar-refractivity contribution in [2.24, 2.45) is 0 Å². The lowest BCUT2D eigenvalue weighted by Gasteiger charge is -2.24. The molecule has 0 saturated heterocycles. The zero-order valence-electron chi connectivity index (χ0n) is 15.2. The van der Waals surface area contributed by atoms with Gasteiger partial charge in [-0.05, 0) is 35.4 Å². The molecule has 0 aliphatic heterocycles. The second kappa shape index (κ2) is 5.08. The molecule has 0 bridgehead atoms. The Morgan fingerprint density at radius 2 is 1.74 bits per heavy atom. The van der Waals surface area contributed by atoms with Crippen LogP contribution in [0.4, 0.5) is 0 Å². The Bertz CT molecular complexity index is 1350. The summed E-state index contributed by atoms with van der Waals surface area (Å²) in [5, 5.41) is 1.33. The largest absolute Gasteiger partial charge is 0.312 e. The van der Waals surface area contributed by atoms with E-state index in [1.807, 2.05) is 5.51 Å². The van der Waals surface area contributed by atoms with Crippen molar-refractivity contribution >= 4 is 32.5 Å². The number of aromatic nitrogens is 2. The molecule has 1 aliphatic rings. The summed E-state index contributed by atoms with van der Waals surface area (Å²) in [6.07, 6.45) is 0. The highest BCUT2D eigenvalue weighted by atomic mass is 32.1. The first-order chi connectivity index (χ1) is 13.2. The van der Waals surface area contributed by atoms with E-state index in [9.17, 15) is 0 Å². The van der Waals surface area contributed by atoms with E-state index in [4.69, 9.17) is 0 Å². The van der Waals surface area contributed by atoms with Crippen molar-refractivity contribution in [3.63, 3.8) is 0 Å². The Morgan fingerprint density at radius 3 is 2.67 bits per heavy atom. The van der Waals surface area contributed by atoms with Crippen LogP contribution in [0.3, 0.4) is 0 Å². The molecule has 2 aromatic heterocycles. The quantitative estimate of drug-likeness (QED) is 0.329. The maximum absolute atomic E-state index is 4.45. The van der Waals surface area contributed by atoms with Gasteiger partial charge in [-0.15, -0.1) is 11.3 Å². The van der Waals surface area contributed by atoms with Crippen LogP contribution in [0.5, 0.6) is 0 Å². The van der Waals surface area contributed by atoms with E-state index in [0.29, 0.717) is 0 Å². The van der Waals surface area contributed by atoms with Crippen molar-refractivity contribution in [2.45, 2.75) is 19.3 Å². The topological polar surface area (TPSA) is 17.8 Å². The summed E-state index contributed by atoms with van der Waals surface area (Å²) in [6, 6.07) is 24.3. The van der Waals surface area contributed by atoms with Crippen LogP contribution in [0.15, 0.2) is 72.2 Å². The first-order valence-electron chi connectivity index (χ1n) is 9.24. The van der Waals surface area contributed by atoms with Gasteiger partial charge < -0.3 is 4.57 Å². The summed E-state index contributed by atoms with van der Waals surface area (Å²) in [4.78, 5) is 4.45. The maximum atomic E-state index is 4.45. The predicted octanol–water partition coefficient (Wildman–Crippen LogP) is 6.55. The standard InChI is InChI=1S/C24H18N2S/c1-24(2)18-9-5-3-7-16(18)22-17-8-4-6-10-20(17)26(23(22)24)15-11-12-19-21(13-15)27-14-25-19/h3-14H,1-2H3. The van der Waals surface area contributed by atoms with Crippen LogP contribution in [0.2, 0.25) is 0 Å². The van der Waals surface area contributed by atoms with Crippen molar-refractivity contribution in [3.05, 3.63) is 83.5 Å². The maximum Gasteiger partial charge on any atom is 0.0813 e. The lowest BCUT2D eigenvalue weighted by atomic mass is 9.85. The van der Waals surface area contributed by atoms with E-state index >= 15 is 0 Å². The molecule has 0 unspecified atom stereocenters. The second-order valence-electron chi connectivity index (χ2n) is 7.75. The number of thiazole rings is 1. The van der Waals surface area contributed by atoms with Crippen molar-refractivity contribution in [1.82, 2.24) is 9.55 Å². The predicted molar refractivity (Wildman–Crippen MR) is 114 cm³/mol. The monoisotopic (exact) mass is 366 g/mol. The number of benzene rings is 3. The summed E-state index contributed by atoms with van der Waals surface area (Å²) in [5.41, 5.74) is 11.0. The van der Waals surface area contributed by atoms with Gasteiger partial charge in [0.1, 0.15) is 0 Å². The van der Waals surface area contributed by atoms with Gasteiger partial charge >= 0.3 is 0 Å². The average Bonchev–Trinajstić information content (AvgIpc) is 3.35. The third-order valence-electron chi connectivity index (χ3n) is 5.91. The zero-order valence-corrected chi connectivity index (χ0v) is 16.0. The Balaban J connectivity index is 1.79. The van der Waals surface area contributed by atoms with Gasteiger partial charge in [-0.2, -0.15) is 0 Å². The number of fused-ring (bicyclic) bond motifs is 6. The molecule has 5 aromatic rings. The van der Waals surface area contributed by atoms with E-state index in [2.05, 4.69) is 90.1 Å². The van der Waals surface area contributed by atoms with E-state index < -0.39 is 0 Å². The number of hydrogen-bond acceptors (Lipinski definition) is 2. The van der Waals surface area contributed by atoms with Gasteiger partial charge in [0.15, 0.2) is 0 Å². The van der Waals surface area contributed by atoms with Gasteiger partial charge in [-0.3, -0.25) is 0 Å². The molecule has 0 spiro atoms. The molecule has 27 heavy (non-hydrogen) atoms. The molecular weight excluding hydrogens is 348 g/mol. The molecule has 2 heterocycles. The Labute approximate surface area is 161 Å². The number of nitrogens with zero attached hydrogens (tertiary/aromatic N) is 2. The molecule has 3 heteroatoms. The first kappa shape index (κ1) is 15.2. The van der Waals surface area contributed by atoms with Crippen LogP contribution in [-0.4, -0.2) is 9.55 Å². The SMILES string of the molecule is CC1(C)c2ccccc2-c2c1n(-c1ccc3ncsc3c1)c1ccccc21. The molecule has 0 atom stereocenters. The molecule has 0 amide bonds. The van der Waals surface area contributed by atoms with Gasteiger partial charge in [0.25, 0.3) is 0 Å². The van der Waals surface area contributed by atoms with Gasteiger partial charge in [-0.1, -0.05) is 56.3 Å². The summed E-state index contributed by atoms with van der Waals surface area (Å²) in [6.45, 7) is 4.69. The van der Waals surface area contributed by atoms with E-state index in [1.54, 1.807) is 11.3 Å². The van der Waals surface area contributed by atoms with E-state index in [-0.39, 0.29) is 5.41 Å². The fourth-order valence-corrected chi connectivity index (χ4v) is 5.44. The van der Waals surface area contributed by atoms with Crippen molar-refractivity contribution in [3.8, 4) is 16.8 Å². The van der Waals surface area contributed by atoms with E-state index in [0.717, 1.165) is 5.52 Å². The lowest BCUT2D eigenvalue weighted by molar-refractivity contribution is 0.624. The van der Waals surface area contributed by atoms with Gasteiger partial charge in [0, 0.05) is 27.7 Å². The first-order valence-corrected chi connectivity index (χ1v) is 10.1. The third kappa shape index (κ3) is 1.87. The molecule has 130 valence electrons. The number of hydrogen-bond donors (Lipinski definition) is 0. The smallest absolute Gasteiger partial charge is 0.0813 e. The molecular formula is C24H18N2S. The van der Waals surface area contributed by atoms with Crippen LogP contribution in [0.1, 0.15) is 25.1 Å². The fourth-order valence-electron chi connectivity index (χ4n) is 4.73. The minimum absolute atomic E-state index is 0.0480. The molecule has 2 nitrogen and oxygen atoms in total. The summed E-state index contributed by atoms with van der Waals surface area (Å²) >= 11 is 1.70.